The molecule has 1 fully saturated rings. The van der Waals surface area contributed by atoms with Gasteiger partial charge in [-0.15, -0.1) is 0 Å². The number of esters is 1. The van der Waals surface area contributed by atoms with Crippen LogP contribution in [0.25, 0.3) is 0 Å². The fourth-order valence-corrected chi connectivity index (χ4v) is 1.67. The molecule has 0 aromatic rings. The van der Waals surface area contributed by atoms with Crippen LogP contribution in [-0.2, 0) is 14.3 Å². The van der Waals surface area contributed by atoms with Crippen LogP contribution in [0.15, 0.2) is 0 Å². The predicted molar refractivity (Wildman–Crippen MR) is 53.1 cm³/mol. The Balaban J connectivity index is 2.34. The zero-order valence-electron chi connectivity index (χ0n) is 9.16. The molecule has 2 atom stereocenters. The predicted octanol–water partition coefficient (Wildman–Crippen LogP) is 0.659. The van der Waals surface area contributed by atoms with Gasteiger partial charge >= 0.3 is 5.97 Å². The van der Waals surface area contributed by atoms with Crippen LogP contribution in [0, 0.1) is 0 Å². The summed E-state index contributed by atoms with van der Waals surface area (Å²) < 4.78 is 9.94. The van der Waals surface area contributed by atoms with Crippen molar-refractivity contribution < 1.29 is 14.3 Å². The Labute approximate surface area is 85.2 Å². The third-order valence-electron chi connectivity index (χ3n) is 2.87. The van der Waals surface area contributed by atoms with Crippen LogP contribution < -0.4 is 0 Å². The standard InChI is InChI=1S/C10H19NO3/c1-8(6-10(12)13-3)11(2)9-4-5-14-7-9/h8-9H,4-7H2,1-3H3. The van der Waals surface area contributed by atoms with Crippen LogP contribution in [0.4, 0.5) is 0 Å². The summed E-state index contributed by atoms with van der Waals surface area (Å²) in [6.07, 6.45) is 1.51. The van der Waals surface area contributed by atoms with Gasteiger partial charge in [0.15, 0.2) is 0 Å². The van der Waals surface area contributed by atoms with Crippen molar-refractivity contribution in [3.63, 3.8) is 0 Å². The fourth-order valence-electron chi connectivity index (χ4n) is 1.67. The molecule has 1 aliphatic rings. The molecule has 0 aromatic carbocycles. The summed E-state index contributed by atoms with van der Waals surface area (Å²) in [5, 5.41) is 0. The lowest BCUT2D eigenvalue weighted by atomic mass is 10.1. The van der Waals surface area contributed by atoms with Crippen molar-refractivity contribution in [2.75, 3.05) is 27.4 Å². The molecular formula is C10H19NO3. The first kappa shape index (κ1) is 11.5. The van der Waals surface area contributed by atoms with E-state index in [1.807, 2.05) is 14.0 Å². The number of ether oxygens (including phenoxy) is 2. The summed E-state index contributed by atoms with van der Waals surface area (Å²) in [4.78, 5) is 13.3. The number of nitrogens with zero attached hydrogens (tertiary/aromatic N) is 1. The summed E-state index contributed by atoms with van der Waals surface area (Å²) >= 11 is 0. The Hall–Kier alpha value is -0.610. The number of hydrogen-bond acceptors (Lipinski definition) is 4. The molecule has 1 rings (SSSR count). The highest BCUT2D eigenvalue weighted by molar-refractivity contribution is 5.69. The Bertz CT molecular complexity index is 190. The maximum absolute atomic E-state index is 11.1. The first-order valence-corrected chi connectivity index (χ1v) is 5.01. The Morgan fingerprint density at radius 1 is 1.71 bits per heavy atom. The summed E-state index contributed by atoms with van der Waals surface area (Å²) in [5.41, 5.74) is 0. The van der Waals surface area contributed by atoms with Gasteiger partial charge in [0.2, 0.25) is 0 Å². The minimum atomic E-state index is -0.150. The molecule has 4 heteroatoms. The van der Waals surface area contributed by atoms with Gasteiger partial charge in [0, 0.05) is 18.7 Å². The summed E-state index contributed by atoms with van der Waals surface area (Å²) in [7, 11) is 3.46. The quantitative estimate of drug-likeness (QED) is 0.626. The van der Waals surface area contributed by atoms with E-state index in [9.17, 15) is 4.79 Å². The Morgan fingerprint density at radius 3 is 2.93 bits per heavy atom. The molecule has 1 heterocycles. The van der Waals surface area contributed by atoms with Gasteiger partial charge in [-0.2, -0.15) is 0 Å². The Morgan fingerprint density at radius 2 is 2.43 bits per heavy atom. The molecule has 0 aliphatic carbocycles. The van der Waals surface area contributed by atoms with Crippen LogP contribution in [-0.4, -0.2) is 50.3 Å². The third-order valence-corrected chi connectivity index (χ3v) is 2.87. The highest BCUT2D eigenvalue weighted by atomic mass is 16.5. The van der Waals surface area contributed by atoms with Crippen molar-refractivity contribution in [3.05, 3.63) is 0 Å². The third kappa shape index (κ3) is 2.96. The second-order valence-electron chi connectivity index (χ2n) is 3.81. The first-order chi connectivity index (χ1) is 6.65. The average molecular weight is 201 g/mol. The van der Waals surface area contributed by atoms with Crippen LogP contribution in [0.2, 0.25) is 0 Å². The first-order valence-electron chi connectivity index (χ1n) is 5.01. The number of carbonyl (C=O) groups is 1. The van der Waals surface area contributed by atoms with Gasteiger partial charge in [0.1, 0.15) is 0 Å². The lowest BCUT2D eigenvalue weighted by Crippen LogP contribution is -2.40. The van der Waals surface area contributed by atoms with Crippen LogP contribution in [0.5, 0.6) is 0 Å². The summed E-state index contributed by atoms with van der Waals surface area (Å²) in [6, 6.07) is 0.670. The van der Waals surface area contributed by atoms with E-state index in [4.69, 9.17) is 4.74 Å². The highest BCUT2D eigenvalue weighted by Gasteiger charge is 2.25. The van der Waals surface area contributed by atoms with E-state index in [2.05, 4.69) is 9.64 Å². The van der Waals surface area contributed by atoms with E-state index in [1.54, 1.807) is 0 Å². The number of carbonyl (C=O) groups excluding carboxylic acids is 1. The molecule has 1 saturated heterocycles. The number of methoxy groups -OCH3 is 1. The monoisotopic (exact) mass is 201 g/mol. The van der Waals surface area contributed by atoms with E-state index in [0.717, 1.165) is 19.6 Å². The van der Waals surface area contributed by atoms with Crippen LogP contribution in [0.3, 0.4) is 0 Å². The van der Waals surface area contributed by atoms with Crippen LogP contribution >= 0.6 is 0 Å². The van der Waals surface area contributed by atoms with E-state index >= 15 is 0 Å². The van der Waals surface area contributed by atoms with Crippen molar-refractivity contribution in [1.82, 2.24) is 4.90 Å². The topological polar surface area (TPSA) is 38.8 Å². The molecule has 0 N–H and O–H groups in total. The van der Waals surface area contributed by atoms with Crippen molar-refractivity contribution in [2.24, 2.45) is 0 Å². The van der Waals surface area contributed by atoms with Crippen LogP contribution in [0.1, 0.15) is 19.8 Å². The molecule has 1 aliphatic heterocycles. The minimum absolute atomic E-state index is 0.150. The van der Waals surface area contributed by atoms with Gasteiger partial charge in [0.25, 0.3) is 0 Å². The summed E-state index contributed by atoms with van der Waals surface area (Å²) in [5.74, 6) is -0.150. The van der Waals surface area contributed by atoms with E-state index < -0.39 is 0 Å². The maximum Gasteiger partial charge on any atom is 0.307 e. The molecule has 0 radical (unpaired) electrons. The van der Waals surface area contributed by atoms with E-state index in [1.165, 1.54) is 7.11 Å². The van der Waals surface area contributed by atoms with Crippen molar-refractivity contribution >= 4 is 5.97 Å². The van der Waals surface area contributed by atoms with Gasteiger partial charge in [-0.1, -0.05) is 0 Å². The molecule has 0 amide bonds. The lowest BCUT2D eigenvalue weighted by Gasteiger charge is -2.28. The maximum atomic E-state index is 11.1. The number of likely N-dealkylation sites (N-methyl/N-ethyl adjacent to an activating group) is 1. The van der Waals surface area contributed by atoms with Crippen molar-refractivity contribution in [2.45, 2.75) is 31.8 Å². The Kier molecular flexibility index (Phi) is 4.35. The van der Waals surface area contributed by atoms with E-state index in [-0.39, 0.29) is 12.0 Å². The smallest absolute Gasteiger partial charge is 0.307 e. The molecular weight excluding hydrogens is 182 g/mol. The van der Waals surface area contributed by atoms with Crippen molar-refractivity contribution in [1.29, 1.82) is 0 Å². The molecule has 82 valence electrons. The minimum Gasteiger partial charge on any atom is -0.469 e. The van der Waals surface area contributed by atoms with Gasteiger partial charge in [0.05, 0.1) is 20.1 Å². The molecule has 0 spiro atoms. The molecule has 0 bridgehead atoms. The number of rotatable bonds is 4. The second-order valence-corrected chi connectivity index (χ2v) is 3.81. The zero-order chi connectivity index (χ0) is 10.6. The molecule has 4 nitrogen and oxygen atoms in total. The van der Waals surface area contributed by atoms with Gasteiger partial charge < -0.3 is 9.47 Å². The molecule has 14 heavy (non-hydrogen) atoms. The average Bonchev–Trinajstić information content (AvgIpc) is 2.69. The van der Waals surface area contributed by atoms with Gasteiger partial charge in [-0.05, 0) is 20.4 Å². The summed E-state index contributed by atoms with van der Waals surface area (Å²) in [6.45, 7) is 3.65. The molecule has 2 unspecified atom stereocenters. The highest BCUT2D eigenvalue weighted by Crippen LogP contribution is 2.15. The molecule has 0 saturated carbocycles. The van der Waals surface area contributed by atoms with Crippen molar-refractivity contribution in [3.8, 4) is 0 Å². The second kappa shape index (κ2) is 5.32. The molecule has 0 aromatic heterocycles. The van der Waals surface area contributed by atoms with Gasteiger partial charge in [-0.3, -0.25) is 9.69 Å². The number of hydrogen-bond donors (Lipinski definition) is 0. The normalized spacial score (nSPS) is 23.9. The van der Waals surface area contributed by atoms with Gasteiger partial charge in [-0.25, -0.2) is 0 Å². The lowest BCUT2D eigenvalue weighted by molar-refractivity contribution is -0.142. The largest absolute Gasteiger partial charge is 0.469 e. The zero-order valence-corrected chi connectivity index (χ0v) is 9.16. The fraction of sp³-hybridized carbons (Fsp3) is 0.900. The van der Waals surface area contributed by atoms with E-state index in [0.29, 0.717) is 12.5 Å². The SMILES string of the molecule is COC(=O)CC(C)N(C)C1CCOC1.